The Kier molecular flexibility index (Phi) is 5.46. The van der Waals surface area contributed by atoms with Crippen LogP contribution in [-0.2, 0) is 14.8 Å². The monoisotopic (exact) mass is 394 g/mol. The first-order valence-corrected chi connectivity index (χ1v) is 10.3. The molecule has 2 aliphatic rings. The van der Waals surface area contributed by atoms with Gasteiger partial charge in [0, 0.05) is 22.3 Å². The first kappa shape index (κ1) is 19.0. The van der Waals surface area contributed by atoms with Crippen molar-refractivity contribution in [3.63, 3.8) is 0 Å². The average Bonchev–Trinajstić information content (AvgIpc) is 2.61. The summed E-state index contributed by atoms with van der Waals surface area (Å²) < 4.78 is 34.1. The lowest BCUT2D eigenvalue weighted by Crippen LogP contribution is -2.36. The molecule has 0 heterocycles. The van der Waals surface area contributed by atoms with Crippen LogP contribution < -0.4 is 4.72 Å². The molecule has 0 radical (unpaired) electrons. The molecule has 26 heavy (non-hydrogen) atoms. The molecule has 0 amide bonds. The van der Waals surface area contributed by atoms with Crippen molar-refractivity contribution in [2.24, 2.45) is 0 Å². The molecule has 0 saturated carbocycles. The smallest absolute Gasteiger partial charge is 0.243 e. The summed E-state index contributed by atoms with van der Waals surface area (Å²) in [4.78, 5) is 2.15. The Morgan fingerprint density at radius 2 is 1.92 bits per heavy atom. The van der Waals surface area contributed by atoms with Crippen LogP contribution in [0.2, 0.25) is 5.02 Å². The number of anilines is 1. The van der Waals surface area contributed by atoms with Crippen molar-refractivity contribution in [3.05, 3.63) is 64.4 Å². The van der Waals surface area contributed by atoms with E-state index in [-0.39, 0.29) is 0 Å². The van der Waals surface area contributed by atoms with Gasteiger partial charge in [0.2, 0.25) is 10.0 Å². The molecule has 1 N–H and O–H groups in total. The zero-order chi connectivity index (χ0) is 18.9. The average molecular weight is 395 g/mol. The third-order valence-electron chi connectivity index (χ3n) is 4.81. The maximum atomic E-state index is 13.0. The largest absolute Gasteiger partial charge is 0.496 e. The van der Waals surface area contributed by atoms with Gasteiger partial charge in [0.05, 0.1) is 7.11 Å². The van der Waals surface area contributed by atoms with Gasteiger partial charge < -0.3 is 9.64 Å². The van der Waals surface area contributed by atoms with Gasteiger partial charge in [0.1, 0.15) is 11.0 Å². The number of fused-ring (bicyclic) bond motifs is 1. The van der Waals surface area contributed by atoms with Crippen LogP contribution >= 0.6 is 11.6 Å². The van der Waals surface area contributed by atoms with Gasteiger partial charge in [0.25, 0.3) is 0 Å². The van der Waals surface area contributed by atoms with Crippen molar-refractivity contribution in [1.82, 2.24) is 4.90 Å². The van der Waals surface area contributed by atoms with E-state index in [4.69, 9.17) is 16.3 Å². The van der Waals surface area contributed by atoms with E-state index in [2.05, 4.69) is 9.62 Å². The molecule has 1 aromatic rings. The van der Waals surface area contributed by atoms with Crippen LogP contribution in [0.1, 0.15) is 12.8 Å². The van der Waals surface area contributed by atoms with Crippen molar-refractivity contribution in [2.75, 3.05) is 25.9 Å². The maximum Gasteiger partial charge on any atom is 0.243 e. The minimum atomic E-state index is -3.64. The van der Waals surface area contributed by atoms with Crippen molar-refractivity contribution >= 4 is 27.3 Å². The molecule has 0 saturated heterocycles. The van der Waals surface area contributed by atoms with Crippen LogP contribution in [0, 0.1) is 0 Å². The van der Waals surface area contributed by atoms with E-state index in [1.807, 2.05) is 20.2 Å². The topological polar surface area (TPSA) is 58.6 Å². The molecular weight excluding hydrogens is 372 g/mol. The molecule has 2 unspecified atom stereocenters. The standard InChI is InChI=1S/C19H23ClN2O3S/c1-22(2)15-8-9-16-17(12-15)18(25-3)10-11-19(16)26(23,24)21-14-6-4-13(20)5-7-14/h4-7,9-11,15,19,21H,8,12H2,1-3H3. The van der Waals surface area contributed by atoms with Crippen molar-refractivity contribution in [1.29, 1.82) is 0 Å². The second-order valence-electron chi connectivity index (χ2n) is 6.70. The summed E-state index contributed by atoms with van der Waals surface area (Å²) in [5, 5.41) is -0.180. The quantitative estimate of drug-likeness (QED) is 0.829. The fourth-order valence-electron chi connectivity index (χ4n) is 3.33. The fraction of sp³-hybridized carbons (Fsp3) is 0.368. The number of benzene rings is 1. The number of rotatable bonds is 5. The highest BCUT2D eigenvalue weighted by Crippen LogP contribution is 2.38. The normalized spacial score (nSPS) is 22.9. The highest BCUT2D eigenvalue weighted by atomic mass is 35.5. The van der Waals surface area contributed by atoms with Gasteiger partial charge in [-0.25, -0.2) is 8.42 Å². The predicted octanol–water partition coefficient (Wildman–Crippen LogP) is 3.57. The highest BCUT2D eigenvalue weighted by Gasteiger charge is 2.36. The molecule has 3 rings (SSSR count). The number of sulfonamides is 1. The zero-order valence-electron chi connectivity index (χ0n) is 15.1. The van der Waals surface area contributed by atoms with Crippen LogP contribution in [0.15, 0.2) is 59.4 Å². The van der Waals surface area contributed by atoms with Gasteiger partial charge in [-0.15, -0.1) is 0 Å². The zero-order valence-corrected chi connectivity index (χ0v) is 16.6. The summed E-state index contributed by atoms with van der Waals surface area (Å²) >= 11 is 5.87. The predicted molar refractivity (Wildman–Crippen MR) is 106 cm³/mol. The molecule has 2 atom stereocenters. The summed E-state index contributed by atoms with van der Waals surface area (Å²) in [5.74, 6) is 0.737. The van der Waals surface area contributed by atoms with E-state index in [0.29, 0.717) is 16.8 Å². The highest BCUT2D eigenvalue weighted by molar-refractivity contribution is 7.93. The third kappa shape index (κ3) is 3.82. The molecule has 0 spiro atoms. The van der Waals surface area contributed by atoms with Gasteiger partial charge in [-0.3, -0.25) is 4.72 Å². The molecule has 7 heteroatoms. The van der Waals surface area contributed by atoms with Gasteiger partial charge in [-0.2, -0.15) is 0 Å². The van der Waals surface area contributed by atoms with Gasteiger partial charge in [0.15, 0.2) is 0 Å². The van der Waals surface area contributed by atoms with E-state index in [0.717, 1.165) is 29.7 Å². The Labute approximate surface area is 160 Å². The number of hydrogen-bond donors (Lipinski definition) is 1. The number of ether oxygens (including phenoxy) is 1. The lowest BCUT2D eigenvalue weighted by atomic mass is 9.84. The summed E-state index contributed by atoms with van der Waals surface area (Å²) in [6, 6.07) is 6.96. The molecule has 1 aromatic carbocycles. The Bertz CT molecular complexity index is 871. The number of allylic oxidation sites excluding steroid dienone is 1. The van der Waals surface area contributed by atoms with Crippen molar-refractivity contribution in [2.45, 2.75) is 24.1 Å². The first-order chi connectivity index (χ1) is 12.3. The Hall–Kier alpha value is -1.76. The second kappa shape index (κ2) is 7.47. The summed E-state index contributed by atoms with van der Waals surface area (Å²) in [6.45, 7) is 0. The lowest BCUT2D eigenvalue weighted by Gasteiger charge is -2.34. The number of nitrogens with one attached hydrogen (secondary N) is 1. The minimum absolute atomic E-state index is 0.331. The van der Waals surface area contributed by atoms with E-state index in [9.17, 15) is 8.42 Å². The molecule has 2 aliphatic carbocycles. The van der Waals surface area contributed by atoms with E-state index in [1.165, 1.54) is 0 Å². The molecule has 0 fully saturated rings. The number of nitrogens with zero attached hydrogens (tertiary/aromatic N) is 1. The van der Waals surface area contributed by atoms with E-state index < -0.39 is 15.3 Å². The van der Waals surface area contributed by atoms with E-state index in [1.54, 1.807) is 43.5 Å². The van der Waals surface area contributed by atoms with Gasteiger partial charge in [-0.05, 0) is 62.9 Å². The summed E-state index contributed by atoms with van der Waals surface area (Å²) in [7, 11) is 2.04. The first-order valence-electron chi connectivity index (χ1n) is 8.41. The Morgan fingerprint density at radius 3 is 2.54 bits per heavy atom. The molecule has 0 bridgehead atoms. The number of methoxy groups -OCH3 is 1. The van der Waals surface area contributed by atoms with Crippen LogP contribution in [0.25, 0.3) is 0 Å². The van der Waals surface area contributed by atoms with Crippen LogP contribution in [0.4, 0.5) is 5.69 Å². The van der Waals surface area contributed by atoms with Crippen LogP contribution in [-0.4, -0.2) is 45.8 Å². The Morgan fingerprint density at radius 1 is 1.23 bits per heavy atom. The minimum Gasteiger partial charge on any atom is -0.496 e. The fourth-order valence-corrected chi connectivity index (χ4v) is 4.91. The molecule has 0 aromatic heterocycles. The molecule has 0 aliphatic heterocycles. The van der Waals surface area contributed by atoms with Gasteiger partial charge >= 0.3 is 0 Å². The Balaban J connectivity index is 1.92. The van der Waals surface area contributed by atoms with Crippen LogP contribution in [0.5, 0.6) is 0 Å². The molecule has 5 nitrogen and oxygen atoms in total. The summed E-state index contributed by atoms with van der Waals surface area (Å²) in [5.41, 5.74) is 2.27. The van der Waals surface area contributed by atoms with Crippen LogP contribution in [0.3, 0.4) is 0 Å². The molecular formula is C19H23ClN2O3S. The van der Waals surface area contributed by atoms with Crippen molar-refractivity contribution in [3.8, 4) is 0 Å². The molecule has 140 valence electrons. The van der Waals surface area contributed by atoms with Gasteiger partial charge in [-0.1, -0.05) is 23.8 Å². The number of halogens is 1. The van der Waals surface area contributed by atoms with E-state index >= 15 is 0 Å². The van der Waals surface area contributed by atoms with Crippen molar-refractivity contribution < 1.29 is 13.2 Å². The number of hydrogen-bond acceptors (Lipinski definition) is 4. The SMILES string of the molecule is COC1=C2CC(N(C)C)CC=C2C(S(=O)(=O)Nc2ccc(Cl)cc2)C=C1. The summed E-state index contributed by atoms with van der Waals surface area (Å²) in [6.07, 6.45) is 7.04. The third-order valence-corrected chi connectivity index (χ3v) is 6.67. The lowest BCUT2D eigenvalue weighted by molar-refractivity contribution is 0.270. The maximum absolute atomic E-state index is 13.0. The second-order valence-corrected chi connectivity index (χ2v) is 8.94.